The van der Waals surface area contributed by atoms with E-state index in [9.17, 15) is 14.0 Å². The number of hydrogen-bond acceptors (Lipinski definition) is 2. The summed E-state index contributed by atoms with van der Waals surface area (Å²) in [6.07, 6.45) is 0.514. The summed E-state index contributed by atoms with van der Waals surface area (Å²) in [7, 11) is 0. The number of carbonyl (C=O) groups is 2. The van der Waals surface area contributed by atoms with Crippen LogP contribution in [0.1, 0.15) is 32.8 Å². The van der Waals surface area contributed by atoms with Crippen LogP contribution in [0, 0.1) is 11.2 Å². The van der Waals surface area contributed by atoms with E-state index in [0.29, 0.717) is 12.0 Å². The smallest absolute Gasteiger partial charge is 0.220 e. The Kier molecular flexibility index (Phi) is 5.21. The fourth-order valence-electron chi connectivity index (χ4n) is 1.48. The second-order valence-electron chi connectivity index (χ2n) is 5.54. The van der Waals surface area contributed by atoms with Gasteiger partial charge < -0.3 is 5.32 Å². The molecule has 0 bridgehead atoms. The molecule has 0 aromatic heterocycles. The highest BCUT2D eigenvalue weighted by molar-refractivity contribution is 5.89. The van der Waals surface area contributed by atoms with Crippen LogP contribution in [0.25, 0.3) is 0 Å². The van der Waals surface area contributed by atoms with Crippen molar-refractivity contribution in [3.63, 3.8) is 0 Å². The number of ketones is 1. The largest absolute Gasteiger partial charge is 0.349 e. The molecule has 1 amide bonds. The first-order valence-electron chi connectivity index (χ1n) is 6.34. The van der Waals surface area contributed by atoms with Crippen LogP contribution >= 0.6 is 0 Å². The maximum Gasteiger partial charge on any atom is 0.220 e. The van der Waals surface area contributed by atoms with Crippen LogP contribution in [-0.4, -0.2) is 18.2 Å². The lowest BCUT2D eigenvalue weighted by molar-refractivity contribution is -0.129. The van der Waals surface area contributed by atoms with Crippen molar-refractivity contribution >= 4 is 11.7 Å². The van der Waals surface area contributed by atoms with E-state index < -0.39 is 5.41 Å². The highest BCUT2D eigenvalue weighted by Crippen LogP contribution is 2.13. The molecule has 19 heavy (non-hydrogen) atoms. The molecule has 0 spiro atoms. The van der Waals surface area contributed by atoms with Gasteiger partial charge in [0, 0.05) is 11.8 Å². The number of nitrogens with one attached hydrogen (secondary N) is 1. The molecule has 0 unspecified atom stereocenters. The van der Waals surface area contributed by atoms with Crippen molar-refractivity contribution in [1.82, 2.24) is 5.32 Å². The van der Waals surface area contributed by atoms with Crippen molar-refractivity contribution in [3.8, 4) is 0 Å². The number of carbonyl (C=O) groups excluding carboxylic acids is 2. The van der Waals surface area contributed by atoms with Gasteiger partial charge in [-0.05, 0) is 18.1 Å². The Labute approximate surface area is 113 Å². The van der Waals surface area contributed by atoms with Gasteiger partial charge in [-0.3, -0.25) is 9.59 Å². The summed E-state index contributed by atoms with van der Waals surface area (Å²) < 4.78 is 13.3. The molecule has 0 atom stereocenters. The van der Waals surface area contributed by atoms with E-state index in [1.807, 2.05) is 0 Å². The monoisotopic (exact) mass is 265 g/mol. The molecule has 1 aromatic rings. The van der Waals surface area contributed by atoms with E-state index in [4.69, 9.17) is 0 Å². The Morgan fingerprint density at radius 3 is 2.42 bits per heavy atom. The second kappa shape index (κ2) is 6.45. The number of hydrogen-bond donors (Lipinski definition) is 1. The molecule has 4 heteroatoms. The molecule has 1 rings (SSSR count). The van der Waals surface area contributed by atoms with Gasteiger partial charge in [-0.15, -0.1) is 0 Å². The molecule has 3 nitrogen and oxygen atoms in total. The zero-order valence-electron chi connectivity index (χ0n) is 11.6. The Hall–Kier alpha value is -1.71. The van der Waals surface area contributed by atoms with Gasteiger partial charge in [-0.1, -0.05) is 39.0 Å². The number of benzene rings is 1. The van der Waals surface area contributed by atoms with Crippen molar-refractivity contribution in [1.29, 1.82) is 0 Å². The van der Waals surface area contributed by atoms with E-state index >= 15 is 0 Å². The molecule has 0 fully saturated rings. The third-order valence-corrected chi connectivity index (χ3v) is 2.86. The molecule has 0 radical (unpaired) electrons. The first kappa shape index (κ1) is 15.3. The normalized spacial score (nSPS) is 11.2. The summed E-state index contributed by atoms with van der Waals surface area (Å²) in [5.41, 5.74) is 0.0542. The molecule has 0 saturated carbocycles. The van der Waals surface area contributed by atoms with Crippen LogP contribution in [0.5, 0.6) is 0 Å². The summed E-state index contributed by atoms with van der Waals surface area (Å²) in [5.74, 6) is -0.561. The molecule has 1 N–H and O–H groups in total. The molecule has 0 aliphatic carbocycles. The van der Waals surface area contributed by atoms with E-state index in [2.05, 4.69) is 5.32 Å². The third kappa shape index (κ3) is 5.20. The zero-order valence-corrected chi connectivity index (χ0v) is 11.6. The minimum Gasteiger partial charge on any atom is -0.349 e. The standard InChI is InChI=1S/C15H20FNO2/c1-15(2,3)13(18)10-17-14(19)9-8-11-6-4-5-7-12(11)16/h4-7H,8-10H2,1-3H3,(H,17,19). The van der Waals surface area contributed by atoms with Gasteiger partial charge in [-0.25, -0.2) is 4.39 Å². The quantitative estimate of drug-likeness (QED) is 0.889. The molecule has 1 aromatic carbocycles. The van der Waals surface area contributed by atoms with E-state index in [-0.39, 0.29) is 30.5 Å². The van der Waals surface area contributed by atoms with E-state index in [0.717, 1.165) is 0 Å². The van der Waals surface area contributed by atoms with Gasteiger partial charge >= 0.3 is 0 Å². The van der Waals surface area contributed by atoms with Crippen LogP contribution in [-0.2, 0) is 16.0 Å². The second-order valence-corrected chi connectivity index (χ2v) is 5.54. The minimum absolute atomic E-state index is 0.0215. The van der Waals surface area contributed by atoms with Crippen LogP contribution < -0.4 is 5.32 Å². The fourth-order valence-corrected chi connectivity index (χ4v) is 1.48. The van der Waals surface area contributed by atoms with Crippen molar-refractivity contribution in [2.24, 2.45) is 5.41 Å². The van der Waals surface area contributed by atoms with Crippen LogP contribution in [0.2, 0.25) is 0 Å². The number of amides is 1. The topological polar surface area (TPSA) is 46.2 Å². The Morgan fingerprint density at radius 2 is 1.84 bits per heavy atom. The third-order valence-electron chi connectivity index (χ3n) is 2.86. The molecule has 0 heterocycles. The molecule has 0 aliphatic rings. The SMILES string of the molecule is CC(C)(C)C(=O)CNC(=O)CCc1ccccc1F. The Balaban J connectivity index is 2.37. The summed E-state index contributed by atoms with van der Waals surface area (Å²) in [4.78, 5) is 23.2. The maximum absolute atomic E-state index is 13.3. The van der Waals surface area contributed by atoms with Gasteiger partial charge in [0.1, 0.15) is 5.82 Å². The molecular formula is C15H20FNO2. The lowest BCUT2D eigenvalue weighted by Gasteiger charge is -2.16. The molecule has 104 valence electrons. The van der Waals surface area contributed by atoms with Crippen molar-refractivity contribution in [2.75, 3.05) is 6.54 Å². The highest BCUT2D eigenvalue weighted by Gasteiger charge is 2.21. The van der Waals surface area contributed by atoms with Crippen molar-refractivity contribution in [2.45, 2.75) is 33.6 Å². The lowest BCUT2D eigenvalue weighted by atomic mass is 9.91. The van der Waals surface area contributed by atoms with Gasteiger partial charge in [-0.2, -0.15) is 0 Å². The van der Waals surface area contributed by atoms with E-state index in [1.165, 1.54) is 6.07 Å². The number of halogens is 1. The summed E-state index contributed by atoms with van der Waals surface area (Å²) in [6, 6.07) is 6.37. The Morgan fingerprint density at radius 1 is 1.21 bits per heavy atom. The van der Waals surface area contributed by atoms with Crippen LogP contribution in [0.4, 0.5) is 4.39 Å². The number of rotatable bonds is 5. The summed E-state index contributed by atoms with van der Waals surface area (Å²) in [5, 5.41) is 2.57. The van der Waals surface area contributed by atoms with Crippen molar-refractivity contribution in [3.05, 3.63) is 35.6 Å². The lowest BCUT2D eigenvalue weighted by Crippen LogP contribution is -2.35. The molecule has 0 saturated heterocycles. The summed E-state index contributed by atoms with van der Waals surface area (Å²) >= 11 is 0. The minimum atomic E-state index is -0.460. The van der Waals surface area contributed by atoms with Crippen LogP contribution in [0.3, 0.4) is 0 Å². The first-order chi connectivity index (χ1) is 8.80. The fraction of sp³-hybridized carbons (Fsp3) is 0.467. The Bertz CT molecular complexity index is 463. The van der Waals surface area contributed by atoms with E-state index in [1.54, 1.807) is 39.0 Å². The van der Waals surface area contributed by atoms with Crippen molar-refractivity contribution < 1.29 is 14.0 Å². The number of Topliss-reactive ketones (excluding diaryl/α,β-unsaturated/α-hetero) is 1. The predicted molar refractivity (Wildman–Crippen MR) is 72.2 cm³/mol. The van der Waals surface area contributed by atoms with Gasteiger partial charge in [0.2, 0.25) is 5.91 Å². The maximum atomic E-state index is 13.3. The molecule has 0 aliphatic heterocycles. The average Bonchev–Trinajstić information content (AvgIpc) is 2.33. The highest BCUT2D eigenvalue weighted by atomic mass is 19.1. The summed E-state index contributed by atoms with van der Waals surface area (Å²) in [6.45, 7) is 5.45. The predicted octanol–water partition coefficient (Wildman–Crippen LogP) is 2.49. The van der Waals surface area contributed by atoms with Gasteiger partial charge in [0.05, 0.1) is 6.54 Å². The van der Waals surface area contributed by atoms with Gasteiger partial charge in [0.15, 0.2) is 5.78 Å². The van der Waals surface area contributed by atoms with Gasteiger partial charge in [0.25, 0.3) is 0 Å². The number of aryl methyl sites for hydroxylation is 1. The zero-order chi connectivity index (χ0) is 14.5. The molecular weight excluding hydrogens is 245 g/mol. The average molecular weight is 265 g/mol. The van der Waals surface area contributed by atoms with Crippen LogP contribution in [0.15, 0.2) is 24.3 Å². The first-order valence-corrected chi connectivity index (χ1v) is 6.34.